The van der Waals surface area contributed by atoms with Gasteiger partial charge in [-0.15, -0.1) is 0 Å². The summed E-state index contributed by atoms with van der Waals surface area (Å²) in [7, 11) is 0. The molecule has 3 amide bonds. The fraction of sp³-hybridized carbons (Fsp3) is 0.475. The Bertz CT molecular complexity index is 1380. The lowest BCUT2D eigenvalue weighted by Gasteiger charge is -2.38. The molecule has 3 fully saturated rings. The average Bonchev–Trinajstić information content (AvgIpc) is 3.82. The second-order valence-electron chi connectivity index (χ2n) is 13.7. The van der Waals surface area contributed by atoms with Gasteiger partial charge in [0.2, 0.25) is 17.7 Å². The number of carbonyl (C=O) groups excluding carboxylic acids is 3. The smallest absolute Gasteiger partial charge is 0.246 e. The van der Waals surface area contributed by atoms with Gasteiger partial charge >= 0.3 is 0 Å². The Hall–Kier alpha value is -3.97. The second kappa shape index (κ2) is 15.3. The zero-order chi connectivity index (χ0) is 32.6. The van der Waals surface area contributed by atoms with E-state index in [9.17, 15) is 14.4 Å². The van der Waals surface area contributed by atoms with Crippen LogP contribution in [-0.2, 0) is 19.8 Å². The lowest BCUT2D eigenvalue weighted by molar-refractivity contribution is -0.146. The van der Waals surface area contributed by atoms with Crippen molar-refractivity contribution in [1.82, 2.24) is 20.0 Å². The van der Waals surface area contributed by atoms with E-state index in [1.807, 2.05) is 59.5 Å². The molecule has 0 saturated carbocycles. The normalized spacial score (nSPS) is 21.9. The number of amides is 3. The van der Waals surface area contributed by atoms with Gasteiger partial charge in [-0.25, -0.2) is 0 Å². The highest BCUT2D eigenvalue weighted by molar-refractivity contribution is 5.93. The molecule has 7 nitrogen and oxygen atoms in total. The lowest BCUT2D eigenvalue weighted by atomic mass is 9.67. The van der Waals surface area contributed by atoms with Crippen molar-refractivity contribution in [2.24, 2.45) is 5.92 Å². The number of hydrogen-bond donors (Lipinski definition) is 1. The minimum Gasteiger partial charge on any atom is -0.354 e. The summed E-state index contributed by atoms with van der Waals surface area (Å²) < 4.78 is 0. The molecule has 0 bridgehead atoms. The van der Waals surface area contributed by atoms with Gasteiger partial charge in [-0.3, -0.25) is 14.4 Å². The molecule has 3 aliphatic rings. The third kappa shape index (κ3) is 7.15. The molecule has 3 atom stereocenters. The molecule has 3 aromatic rings. The van der Waals surface area contributed by atoms with Gasteiger partial charge in [0.05, 0.1) is 5.41 Å². The summed E-state index contributed by atoms with van der Waals surface area (Å²) in [5.74, 6) is 0.291. The first kappa shape index (κ1) is 33.0. The predicted octanol–water partition coefficient (Wildman–Crippen LogP) is 5.63. The van der Waals surface area contributed by atoms with E-state index in [4.69, 9.17) is 0 Å². The fourth-order valence-electron chi connectivity index (χ4n) is 8.32. The maximum absolute atomic E-state index is 14.5. The number of nitrogens with zero attached hydrogens (tertiary/aromatic N) is 3. The molecule has 0 aliphatic carbocycles. The molecule has 7 heteroatoms. The van der Waals surface area contributed by atoms with E-state index in [2.05, 4.69) is 53.5 Å². The van der Waals surface area contributed by atoms with Crippen LogP contribution in [0.3, 0.4) is 0 Å². The highest BCUT2D eigenvalue weighted by atomic mass is 16.2. The molecule has 0 spiro atoms. The Morgan fingerprint density at radius 2 is 1.23 bits per heavy atom. The SMILES string of the molecule is CCCN1CCC[C@H](CNC(=O)C2CCCN2C(=O)[C@@H]2CCCN2C(=O)CC(c2ccccc2)(c2ccccc2)c2ccccc2)C1. The first-order chi connectivity index (χ1) is 23.0. The van der Waals surface area contributed by atoms with Gasteiger partial charge in [0.25, 0.3) is 0 Å². The molecule has 6 rings (SSSR count). The van der Waals surface area contributed by atoms with E-state index in [0.29, 0.717) is 38.4 Å². The van der Waals surface area contributed by atoms with Crippen molar-refractivity contribution in [3.05, 3.63) is 108 Å². The molecule has 0 radical (unpaired) electrons. The first-order valence-electron chi connectivity index (χ1n) is 17.8. The predicted molar refractivity (Wildman–Crippen MR) is 186 cm³/mol. The topological polar surface area (TPSA) is 73.0 Å². The second-order valence-corrected chi connectivity index (χ2v) is 13.7. The number of likely N-dealkylation sites (tertiary alicyclic amines) is 3. The van der Waals surface area contributed by atoms with Gasteiger partial charge in [-0.1, -0.05) is 97.9 Å². The van der Waals surface area contributed by atoms with Crippen LogP contribution in [0.4, 0.5) is 0 Å². The van der Waals surface area contributed by atoms with Crippen molar-refractivity contribution in [3.63, 3.8) is 0 Å². The Morgan fingerprint density at radius 1 is 0.702 bits per heavy atom. The van der Waals surface area contributed by atoms with Crippen LogP contribution in [0.25, 0.3) is 0 Å². The number of carbonyl (C=O) groups is 3. The minimum atomic E-state index is -0.723. The monoisotopic (exact) mass is 634 g/mol. The molecular formula is C40H50N4O3. The molecule has 1 N–H and O–H groups in total. The molecule has 3 heterocycles. The molecule has 0 aromatic heterocycles. The quantitative estimate of drug-likeness (QED) is 0.278. The maximum Gasteiger partial charge on any atom is 0.246 e. The number of piperidine rings is 1. The fourth-order valence-corrected chi connectivity index (χ4v) is 8.32. The summed E-state index contributed by atoms with van der Waals surface area (Å²) in [6.07, 6.45) is 6.52. The number of hydrogen-bond acceptors (Lipinski definition) is 4. The Balaban J connectivity index is 1.20. The van der Waals surface area contributed by atoms with Crippen LogP contribution >= 0.6 is 0 Å². The van der Waals surface area contributed by atoms with E-state index in [1.54, 1.807) is 4.90 Å². The van der Waals surface area contributed by atoms with Crippen molar-refractivity contribution < 1.29 is 14.4 Å². The highest BCUT2D eigenvalue weighted by Crippen LogP contribution is 2.43. The number of rotatable bonds is 11. The third-order valence-corrected chi connectivity index (χ3v) is 10.6. The summed E-state index contributed by atoms with van der Waals surface area (Å²) in [6.45, 7) is 7.25. The van der Waals surface area contributed by atoms with Gasteiger partial charge in [-0.2, -0.15) is 0 Å². The summed E-state index contributed by atoms with van der Waals surface area (Å²) in [4.78, 5) is 48.3. The summed E-state index contributed by atoms with van der Waals surface area (Å²) >= 11 is 0. The van der Waals surface area contributed by atoms with E-state index < -0.39 is 17.5 Å². The largest absolute Gasteiger partial charge is 0.354 e. The van der Waals surface area contributed by atoms with Crippen molar-refractivity contribution in [2.45, 2.75) is 75.8 Å². The zero-order valence-corrected chi connectivity index (χ0v) is 27.9. The van der Waals surface area contributed by atoms with Gasteiger partial charge in [0.15, 0.2) is 0 Å². The molecular weight excluding hydrogens is 584 g/mol. The van der Waals surface area contributed by atoms with E-state index >= 15 is 0 Å². The Labute approximate surface area is 280 Å². The standard InChI is InChI=1S/C40H50N4O3/c1-2-24-42-25-12-15-31(30-42)29-41-38(46)35-22-13-27-44(35)39(47)36-23-14-26-43(36)37(45)28-40(32-16-6-3-7-17-32,33-18-8-4-9-19-33)34-20-10-5-11-21-34/h3-11,16-21,31,35-36H,2,12-15,22-30H2,1H3,(H,41,46)/t31-,35?,36+/m1/s1. The summed E-state index contributed by atoms with van der Waals surface area (Å²) in [5, 5.41) is 3.21. The molecule has 3 aliphatic heterocycles. The Kier molecular flexibility index (Phi) is 10.7. The molecule has 47 heavy (non-hydrogen) atoms. The van der Waals surface area contributed by atoms with Crippen LogP contribution in [0.15, 0.2) is 91.0 Å². The lowest BCUT2D eigenvalue weighted by Crippen LogP contribution is -2.54. The van der Waals surface area contributed by atoms with Crippen LogP contribution in [0, 0.1) is 5.92 Å². The van der Waals surface area contributed by atoms with Gasteiger partial charge < -0.3 is 20.0 Å². The summed E-state index contributed by atoms with van der Waals surface area (Å²) in [5.41, 5.74) is 2.40. The van der Waals surface area contributed by atoms with E-state index in [0.717, 1.165) is 62.0 Å². The summed E-state index contributed by atoms with van der Waals surface area (Å²) in [6, 6.07) is 29.7. The maximum atomic E-state index is 14.5. The van der Waals surface area contributed by atoms with E-state index in [1.165, 1.54) is 6.42 Å². The molecule has 3 aromatic carbocycles. The van der Waals surface area contributed by atoms with Crippen LogP contribution in [-0.4, -0.2) is 83.8 Å². The highest BCUT2D eigenvalue weighted by Gasteiger charge is 2.45. The van der Waals surface area contributed by atoms with Crippen molar-refractivity contribution in [2.75, 3.05) is 39.3 Å². The number of nitrogens with one attached hydrogen (secondary N) is 1. The molecule has 1 unspecified atom stereocenters. The van der Waals surface area contributed by atoms with Gasteiger partial charge in [0, 0.05) is 32.6 Å². The number of benzene rings is 3. The molecule has 3 saturated heterocycles. The van der Waals surface area contributed by atoms with Gasteiger partial charge in [-0.05, 0) is 80.6 Å². The van der Waals surface area contributed by atoms with E-state index in [-0.39, 0.29) is 24.1 Å². The third-order valence-electron chi connectivity index (χ3n) is 10.6. The Morgan fingerprint density at radius 3 is 1.81 bits per heavy atom. The van der Waals surface area contributed by atoms with Crippen LogP contribution < -0.4 is 5.32 Å². The van der Waals surface area contributed by atoms with Crippen molar-refractivity contribution >= 4 is 17.7 Å². The minimum absolute atomic E-state index is 0.0356. The zero-order valence-electron chi connectivity index (χ0n) is 27.9. The van der Waals surface area contributed by atoms with Crippen LogP contribution in [0.1, 0.15) is 75.0 Å². The van der Waals surface area contributed by atoms with Crippen molar-refractivity contribution in [3.8, 4) is 0 Å². The van der Waals surface area contributed by atoms with Gasteiger partial charge in [0.1, 0.15) is 12.1 Å². The van der Waals surface area contributed by atoms with Crippen molar-refractivity contribution in [1.29, 1.82) is 0 Å². The molecule has 248 valence electrons. The average molecular weight is 635 g/mol. The first-order valence-corrected chi connectivity index (χ1v) is 17.8. The van der Waals surface area contributed by atoms with Crippen LogP contribution in [0.5, 0.6) is 0 Å². The van der Waals surface area contributed by atoms with Crippen LogP contribution in [0.2, 0.25) is 0 Å².